The zero-order valence-electron chi connectivity index (χ0n) is 7.11. The highest BCUT2D eigenvalue weighted by Crippen LogP contribution is 2.24. The molecule has 0 fully saturated rings. The maximum Gasteiger partial charge on any atom is 0.0784 e. The molecule has 0 radical (unpaired) electrons. The van der Waals surface area contributed by atoms with Gasteiger partial charge in [-0.05, 0) is 18.6 Å². The molecular weight excluding hydrogens is 232 g/mol. The standard InChI is InChI=1S/C7H11N3.3ClH/c1-4-2-3-5(8)7(10)6(4)9;;;/h2-3H,8-10H2,1H3;3*1H. The highest BCUT2D eigenvalue weighted by atomic mass is 35.5. The molecule has 0 aliphatic carbocycles. The number of nitrogen functional groups attached to an aromatic ring is 3. The predicted molar refractivity (Wildman–Crippen MR) is 66.2 cm³/mol. The molecule has 1 rings (SSSR count). The van der Waals surface area contributed by atoms with Crippen LogP contribution in [-0.4, -0.2) is 0 Å². The van der Waals surface area contributed by atoms with Crippen LogP contribution in [-0.2, 0) is 0 Å². The van der Waals surface area contributed by atoms with Crippen LogP contribution in [0.15, 0.2) is 12.1 Å². The van der Waals surface area contributed by atoms with Crippen molar-refractivity contribution >= 4 is 54.3 Å². The molecule has 0 aliphatic heterocycles. The van der Waals surface area contributed by atoms with E-state index in [-0.39, 0.29) is 37.2 Å². The number of aryl methyl sites for hydroxylation is 1. The first-order valence-electron chi connectivity index (χ1n) is 3.03. The van der Waals surface area contributed by atoms with E-state index in [0.29, 0.717) is 17.1 Å². The molecule has 0 aliphatic rings. The Labute approximate surface area is 96.3 Å². The van der Waals surface area contributed by atoms with E-state index >= 15 is 0 Å². The van der Waals surface area contributed by atoms with Crippen molar-refractivity contribution < 1.29 is 0 Å². The molecule has 1 aromatic carbocycles. The number of benzene rings is 1. The molecule has 0 spiro atoms. The van der Waals surface area contributed by atoms with Crippen molar-refractivity contribution in [3.8, 4) is 0 Å². The third-order valence-electron chi connectivity index (χ3n) is 1.54. The van der Waals surface area contributed by atoms with Crippen molar-refractivity contribution in [3.05, 3.63) is 17.7 Å². The summed E-state index contributed by atoms with van der Waals surface area (Å²) in [7, 11) is 0. The number of hydrogen-bond acceptors (Lipinski definition) is 3. The van der Waals surface area contributed by atoms with Gasteiger partial charge in [-0.1, -0.05) is 6.07 Å². The van der Waals surface area contributed by atoms with Gasteiger partial charge in [0.15, 0.2) is 0 Å². The molecule has 0 heterocycles. The Hall–Kier alpha value is -0.510. The van der Waals surface area contributed by atoms with Crippen LogP contribution in [0.25, 0.3) is 0 Å². The zero-order valence-corrected chi connectivity index (χ0v) is 9.56. The third-order valence-corrected chi connectivity index (χ3v) is 1.54. The second-order valence-electron chi connectivity index (χ2n) is 2.30. The number of anilines is 3. The van der Waals surface area contributed by atoms with Gasteiger partial charge in [0.05, 0.1) is 17.1 Å². The van der Waals surface area contributed by atoms with Gasteiger partial charge in [0.1, 0.15) is 0 Å². The smallest absolute Gasteiger partial charge is 0.0784 e. The highest BCUT2D eigenvalue weighted by Gasteiger charge is 2.00. The lowest BCUT2D eigenvalue weighted by Gasteiger charge is -2.05. The summed E-state index contributed by atoms with van der Waals surface area (Å²) >= 11 is 0. The molecular formula is C7H14Cl3N3. The fraction of sp³-hybridized carbons (Fsp3) is 0.143. The van der Waals surface area contributed by atoms with Crippen LogP contribution in [0, 0.1) is 6.92 Å². The van der Waals surface area contributed by atoms with E-state index in [1.807, 2.05) is 13.0 Å². The largest absolute Gasteiger partial charge is 0.397 e. The summed E-state index contributed by atoms with van der Waals surface area (Å²) in [6.07, 6.45) is 0. The quantitative estimate of drug-likeness (QED) is 0.613. The van der Waals surface area contributed by atoms with Crippen LogP contribution >= 0.6 is 37.2 Å². The first kappa shape index (κ1) is 18.3. The van der Waals surface area contributed by atoms with Gasteiger partial charge in [-0.15, -0.1) is 37.2 Å². The minimum atomic E-state index is 0. The van der Waals surface area contributed by atoms with Gasteiger partial charge in [-0.3, -0.25) is 0 Å². The van der Waals surface area contributed by atoms with Crippen molar-refractivity contribution in [2.45, 2.75) is 6.92 Å². The van der Waals surface area contributed by atoms with Crippen molar-refractivity contribution in [3.63, 3.8) is 0 Å². The lowest BCUT2D eigenvalue weighted by Crippen LogP contribution is -2.01. The summed E-state index contributed by atoms with van der Waals surface area (Å²) in [6.45, 7) is 1.89. The van der Waals surface area contributed by atoms with Crippen molar-refractivity contribution in [2.75, 3.05) is 17.2 Å². The first-order chi connectivity index (χ1) is 4.63. The van der Waals surface area contributed by atoms with Crippen molar-refractivity contribution in [1.29, 1.82) is 0 Å². The lowest BCUT2D eigenvalue weighted by molar-refractivity contribution is 1.47. The van der Waals surface area contributed by atoms with E-state index in [4.69, 9.17) is 17.2 Å². The fourth-order valence-electron chi connectivity index (χ4n) is 0.762. The van der Waals surface area contributed by atoms with E-state index < -0.39 is 0 Å². The Bertz CT molecular complexity index is 238. The topological polar surface area (TPSA) is 78.1 Å². The minimum absolute atomic E-state index is 0. The molecule has 0 aromatic heterocycles. The van der Waals surface area contributed by atoms with E-state index in [2.05, 4.69) is 0 Å². The molecule has 0 bridgehead atoms. The van der Waals surface area contributed by atoms with Crippen LogP contribution in [0.3, 0.4) is 0 Å². The average Bonchev–Trinajstić information content (AvgIpc) is 1.93. The van der Waals surface area contributed by atoms with Crippen LogP contribution < -0.4 is 17.2 Å². The summed E-state index contributed by atoms with van der Waals surface area (Å²) in [5.74, 6) is 0. The SMILES string of the molecule is Cc1ccc(N)c(N)c1N.Cl.Cl.Cl. The summed E-state index contributed by atoms with van der Waals surface area (Å²) < 4.78 is 0. The number of hydrogen-bond donors (Lipinski definition) is 3. The molecule has 6 heteroatoms. The maximum absolute atomic E-state index is 5.58. The van der Waals surface area contributed by atoms with E-state index in [0.717, 1.165) is 5.56 Å². The maximum atomic E-state index is 5.58. The van der Waals surface area contributed by atoms with Crippen molar-refractivity contribution in [2.24, 2.45) is 0 Å². The average molecular weight is 247 g/mol. The molecule has 0 atom stereocenters. The molecule has 0 saturated heterocycles. The van der Waals surface area contributed by atoms with Crippen LogP contribution in [0.5, 0.6) is 0 Å². The molecule has 0 saturated carbocycles. The lowest BCUT2D eigenvalue weighted by atomic mass is 10.1. The third kappa shape index (κ3) is 3.81. The van der Waals surface area contributed by atoms with Crippen molar-refractivity contribution in [1.82, 2.24) is 0 Å². The van der Waals surface area contributed by atoms with Crippen LogP contribution in [0.1, 0.15) is 5.56 Å². The van der Waals surface area contributed by atoms with Gasteiger partial charge in [-0.25, -0.2) is 0 Å². The van der Waals surface area contributed by atoms with E-state index in [9.17, 15) is 0 Å². The second kappa shape index (κ2) is 6.95. The molecule has 1 aromatic rings. The fourth-order valence-corrected chi connectivity index (χ4v) is 0.762. The summed E-state index contributed by atoms with van der Waals surface area (Å²) in [5, 5.41) is 0. The predicted octanol–water partition coefficient (Wildman–Crippen LogP) is 2.01. The Balaban J connectivity index is -0.000000333. The Morgan fingerprint density at radius 1 is 0.846 bits per heavy atom. The van der Waals surface area contributed by atoms with E-state index in [1.165, 1.54) is 0 Å². The molecule has 13 heavy (non-hydrogen) atoms. The zero-order chi connectivity index (χ0) is 7.72. The molecule has 0 unspecified atom stereocenters. The first-order valence-corrected chi connectivity index (χ1v) is 3.03. The van der Waals surface area contributed by atoms with Crippen LogP contribution in [0.2, 0.25) is 0 Å². The highest BCUT2D eigenvalue weighted by molar-refractivity contribution is 5.86. The molecule has 3 nitrogen and oxygen atoms in total. The summed E-state index contributed by atoms with van der Waals surface area (Å²) in [5.41, 5.74) is 19.2. The number of halogens is 3. The Kier molecular flexibility index (Phi) is 9.79. The summed E-state index contributed by atoms with van der Waals surface area (Å²) in [6, 6.07) is 3.60. The monoisotopic (exact) mass is 245 g/mol. The number of nitrogens with two attached hydrogens (primary N) is 3. The second-order valence-corrected chi connectivity index (χ2v) is 2.30. The normalized spacial score (nSPS) is 7.46. The molecule has 78 valence electrons. The minimum Gasteiger partial charge on any atom is -0.397 e. The van der Waals surface area contributed by atoms with Gasteiger partial charge in [0, 0.05) is 0 Å². The van der Waals surface area contributed by atoms with Crippen LogP contribution in [0.4, 0.5) is 17.1 Å². The van der Waals surface area contributed by atoms with Gasteiger partial charge in [-0.2, -0.15) is 0 Å². The van der Waals surface area contributed by atoms with E-state index in [1.54, 1.807) is 6.07 Å². The summed E-state index contributed by atoms with van der Waals surface area (Å²) in [4.78, 5) is 0. The number of rotatable bonds is 0. The Morgan fingerprint density at radius 2 is 1.31 bits per heavy atom. The Morgan fingerprint density at radius 3 is 1.69 bits per heavy atom. The van der Waals surface area contributed by atoms with Gasteiger partial charge >= 0.3 is 0 Å². The van der Waals surface area contributed by atoms with Gasteiger partial charge in [0.25, 0.3) is 0 Å². The van der Waals surface area contributed by atoms with Gasteiger partial charge < -0.3 is 17.2 Å². The molecule has 0 amide bonds. The molecule has 6 N–H and O–H groups in total. The van der Waals surface area contributed by atoms with Gasteiger partial charge in [0.2, 0.25) is 0 Å².